The first-order chi connectivity index (χ1) is 9.69. The fourth-order valence-electron chi connectivity index (χ4n) is 1.95. The van der Waals surface area contributed by atoms with E-state index in [2.05, 4.69) is 21.9 Å². The van der Waals surface area contributed by atoms with Gasteiger partial charge < -0.3 is 19.9 Å². The number of aromatic nitrogens is 2. The first-order valence-electron chi connectivity index (χ1n) is 5.53. The summed E-state index contributed by atoms with van der Waals surface area (Å²) >= 11 is 9.43. The highest BCUT2D eigenvalue weighted by Gasteiger charge is 2.66. The SMILES string of the molecule is C#CC1(F)C(n2cc(F)c(=S)[nH]c2=S)OC(F)(CO)C1O. The van der Waals surface area contributed by atoms with Crippen molar-refractivity contribution in [3.8, 4) is 12.3 Å². The average molecular weight is 338 g/mol. The summed E-state index contributed by atoms with van der Waals surface area (Å²) < 4.78 is 47.0. The van der Waals surface area contributed by atoms with Crippen LogP contribution in [0.15, 0.2) is 6.20 Å². The van der Waals surface area contributed by atoms with Crippen molar-refractivity contribution < 1.29 is 28.1 Å². The van der Waals surface area contributed by atoms with E-state index in [9.17, 15) is 18.3 Å². The fraction of sp³-hybridized carbons (Fsp3) is 0.455. The summed E-state index contributed by atoms with van der Waals surface area (Å²) in [5.41, 5.74) is -3.07. The minimum atomic E-state index is -3.15. The normalized spacial score (nSPS) is 35.6. The van der Waals surface area contributed by atoms with Gasteiger partial charge >= 0.3 is 0 Å². The van der Waals surface area contributed by atoms with Crippen molar-refractivity contribution in [2.45, 2.75) is 23.9 Å². The number of nitrogens with zero attached hydrogens (tertiary/aromatic N) is 1. The van der Waals surface area contributed by atoms with Crippen molar-refractivity contribution >= 4 is 24.4 Å². The molecule has 0 saturated carbocycles. The number of rotatable bonds is 2. The lowest BCUT2D eigenvalue weighted by Gasteiger charge is -2.24. The summed E-state index contributed by atoms with van der Waals surface area (Å²) in [7, 11) is 0. The number of aliphatic hydroxyl groups is 2. The predicted octanol–water partition coefficient (Wildman–Crippen LogP) is 1.30. The molecule has 1 aliphatic rings. The molecule has 0 aliphatic carbocycles. The van der Waals surface area contributed by atoms with Gasteiger partial charge in [0.2, 0.25) is 5.67 Å². The van der Waals surface area contributed by atoms with Gasteiger partial charge in [0.1, 0.15) is 11.2 Å². The zero-order valence-corrected chi connectivity index (χ0v) is 11.8. The summed E-state index contributed by atoms with van der Waals surface area (Å²) in [5, 5.41) is 18.6. The van der Waals surface area contributed by atoms with Crippen LogP contribution in [0.1, 0.15) is 6.23 Å². The van der Waals surface area contributed by atoms with Crippen molar-refractivity contribution in [2.24, 2.45) is 0 Å². The number of alkyl halides is 2. The molecule has 0 amide bonds. The Morgan fingerprint density at radius 2 is 2.14 bits per heavy atom. The Morgan fingerprint density at radius 3 is 2.67 bits per heavy atom. The Morgan fingerprint density at radius 1 is 1.52 bits per heavy atom. The number of H-pyrrole nitrogens is 1. The Labute approximate surface area is 127 Å². The third-order valence-electron chi connectivity index (χ3n) is 3.09. The molecule has 1 aliphatic heterocycles. The zero-order valence-electron chi connectivity index (χ0n) is 10.2. The number of aliphatic hydroxyl groups excluding tert-OH is 2. The van der Waals surface area contributed by atoms with E-state index in [1.54, 1.807) is 5.92 Å². The number of nitrogens with one attached hydrogen (secondary N) is 1. The molecule has 0 spiro atoms. The summed E-state index contributed by atoms with van der Waals surface area (Å²) in [6, 6.07) is 0. The molecular weight excluding hydrogens is 329 g/mol. The molecule has 5 nitrogen and oxygen atoms in total. The minimum absolute atomic E-state index is 0.293. The molecule has 0 aromatic carbocycles. The molecular formula is C11H9F3N2O3S2. The Hall–Kier alpha value is -1.25. The van der Waals surface area contributed by atoms with E-state index in [0.29, 0.717) is 10.8 Å². The van der Waals surface area contributed by atoms with E-state index in [4.69, 9.17) is 23.7 Å². The van der Waals surface area contributed by atoms with E-state index < -0.39 is 36.3 Å². The highest BCUT2D eigenvalue weighted by molar-refractivity contribution is 7.72. The first kappa shape index (κ1) is 16.1. The van der Waals surface area contributed by atoms with Crippen LogP contribution in [0, 0.1) is 27.6 Å². The lowest BCUT2D eigenvalue weighted by Crippen LogP contribution is -2.47. The number of halogens is 3. The second kappa shape index (κ2) is 5.19. The van der Waals surface area contributed by atoms with E-state index in [1.165, 1.54) is 0 Å². The van der Waals surface area contributed by atoms with Crippen LogP contribution >= 0.6 is 24.4 Å². The average Bonchev–Trinajstić information content (AvgIpc) is 2.66. The number of hydrogen-bond donors (Lipinski definition) is 3. The third-order valence-corrected chi connectivity index (χ3v) is 3.70. The second-order valence-corrected chi connectivity index (χ2v) is 5.17. The van der Waals surface area contributed by atoms with Gasteiger partial charge in [-0.25, -0.2) is 13.2 Å². The Balaban J connectivity index is 2.64. The van der Waals surface area contributed by atoms with Gasteiger partial charge in [-0.2, -0.15) is 0 Å². The molecule has 21 heavy (non-hydrogen) atoms. The van der Waals surface area contributed by atoms with Crippen molar-refractivity contribution in [3.63, 3.8) is 0 Å². The molecule has 1 fully saturated rings. The van der Waals surface area contributed by atoms with E-state index in [0.717, 1.165) is 0 Å². The van der Waals surface area contributed by atoms with Gasteiger partial charge in [-0.3, -0.25) is 4.57 Å². The predicted molar refractivity (Wildman–Crippen MR) is 70.1 cm³/mol. The van der Waals surface area contributed by atoms with Gasteiger partial charge in [0.25, 0.3) is 5.85 Å². The lowest BCUT2D eigenvalue weighted by atomic mass is 9.96. The highest BCUT2D eigenvalue weighted by atomic mass is 32.1. The van der Waals surface area contributed by atoms with Gasteiger partial charge in [0, 0.05) is 6.20 Å². The van der Waals surface area contributed by atoms with E-state index in [-0.39, 0.29) is 9.41 Å². The molecule has 3 N–H and O–H groups in total. The standard InChI is InChI=1S/C11H9F3N2O3S2/c1-2-10(13)7(18)11(14,4-17)19-8(10)16-3-5(12)6(20)15-9(16)21/h1,3,7-8,17-18H,4H2,(H,15,20,21). The molecule has 2 heterocycles. The van der Waals surface area contributed by atoms with E-state index in [1.807, 2.05) is 0 Å². The van der Waals surface area contributed by atoms with Crippen LogP contribution in [0.25, 0.3) is 0 Å². The van der Waals surface area contributed by atoms with Crippen molar-refractivity contribution in [3.05, 3.63) is 21.4 Å². The van der Waals surface area contributed by atoms with Gasteiger partial charge in [0.15, 0.2) is 22.9 Å². The number of aromatic amines is 1. The molecule has 1 aromatic rings. The Bertz CT molecular complexity index is 731. The van der Waals surface area contributed by atoms with Crippen LogP contribution in [-0.4, -0.2) is 44.0 Å². The maximum Gasteiger partial charge on any atom is 0.264 e. The maximum atomic E-state index is 14.7. The van der Waals surface area contributed by atoms with Gasteiger partial charge in [-0.1, -0.05) is 18.1 Å². The molecule has 1 saturated heterocycles. The first-order valence-corrected chi connectivity index (χ1v) is 6.34. The molecule has 1 aromatic heterocycles. The topological polar surface area (TPSA) is 70.4 Å². The lowest BCUT2D eigenvalue weighted by molar-refractivity contribution is -0.207. The minimum Gasteiger partial charge on any atom is -0.390 e. The second-order valence-electron chi connectivity index (χ2n) is 4.37. The van der Waals surface area contributed by atoms with Gasteiger partial charge in [0.05, 0.1) is 0 Å². The van der Waals surface area contributed by atoms with Gasteiger partial charge in [-0.15, -0.1) is 6.42 Å². The smallest absolute Gasteiger partial charge is 0.264 e. The summed E-state index contributed by atoms with van der Waals surface area (Å²) in [6.07, 6.45) is 1.20. The Kier molecular flexibility index (Phi) is 3.98. The molecule has 10 heteroatoms. The van der Waals surface area contributed by atoms with Crippen LogP contribution in [0.4, 0.5) is 13.2 Å². The molecule has 0 bridgehead atoms. The van der Waals surface area contributed by atoms with Crippen LogP contribution < -0.4 is 0 Å². The van der Waals surface area contributed by atoms with Crippen LogP contribution in [0.2, 0.25) is 0 Å². The maximum absolute atomic E-state index is 14.7. The highest BCUT2D eigenvalue weighted by Crippen LogP contribution is 2.47. The van der Waals surface area contributed by atoms with E-state index >= 15 is 0 Å². The third kappa shape index (κ3) is 2.31. The quantitative estimate of drug-likeness (QED) is 0.560. The van der Waals surface area contributed by atoms with Crippen molar-refractivity contribution in [2.75, 3.05) is 6.61 Å². The molecule has 114 valence electrons. The summed E-state index contributed by atoms with van der Waals surface area (Å²) in [5.74, 6) is -2.56. The monoisotopic (exact) mass is 338 g/mol. The zero-order chi connectivity index (χ0) is 16.0. The number of terminal acetylenes is 1. The molecule has 0 radical (unpaired) electrons. The van der Waals surface area contributed by atoms with Crippen molar-refractivity contribution in [1.29, 1.82) is 0 Å². The summed E-state index contributed by atoms with van der Waals surface area (Å²) in [6.45, 7) is -1.35. The molecule has 4 atom stereocenters. The molecule has 2 rings (SSSR count). The van der Waals surface area contributed by atoms with Gasteiger partial charge in [-0.05, 0) is 12.2 Å². The van der Waals surface area contributed by atoms with Crippen molar-refractivity contribution in [1.82, 2.24) is 9.55 Å². The number of ether oxygens (including phenoxy) is 1. The van der Waals surface area contributed by atoms with Crippen LogP contribution in [0.3, 0.4) is 0 Å². The van der Waals surface area contributed by atoms with Crippen LogP contribution in [-0.2, 0) is 4.74 Å². The molecule has 4 unspecified atom stereocenters. The largest absolute Gasteiger partial charge is 0.390 e. The number of hydrogen-bond acceptors (Lipinski definition) is 5. The van der Waals surface area contributed by atoms with Crippen LogP contribution in [0.5, 0.6) is 0 Å². The summed E-state index contributed by atoms with van der Waals surface area (Å²) in [4.78, 5) is 2.24. The fourth-order valence-corrected chi connectivity index (χ4v) is 2.42.